The summed E-state index contributed by atoms with van der Waals surface area (Å²) in [4.78, 5) is 18.8. The summed E-state index contributed by atoms with van der Waals surface area (Å²) in [6.07, 6.45) is 0. The van der Waals surface area contributed by atoms with E-state index >= 15 is 0 Å². The van der Waals surface area contributed by atoms with Crippen molar-refractivity contribution < 1.29 is 9.53 Å². The molecule has 1 atom stereocenters. The molecular weight excluding hydrogens is 352 g/mol. The van der Waals surface area contributed by atoms with Gasteiger partial charge in [-0.05, 0) is 44.4 Å². The maximum Gasteiger partial charge on any atom is 0.263 e. The Morgan fingerprint density at radius 3 is 2.68 bits per heavy atom. The molecule has 0 radical (unpaired) electrons. The smallest absolute Gasteiger partial charge is 0.263 e. The first-order chi connectivity index (χ1) is 12.0. The van der Waals surface area contributed by atoms with Crippen LogP contribution >= 0.6 is 22.7 Å². The lowest BCUT2D eigenvalue weighted by Crippen LogP contribution is -2.25. The van der Waals surface area contributed by atoms with E-state index in [0.717, 1.165) is 21.3 Å². The van der Waals surface area contributed by atoms with Crippen LogP contribution in [0.25, 0.3) is 0 Å². The zero-order valence-electron chi connectivity index (χ0n) is 14.4. The number of thiazole rings is 1. The van der Waals surface area contributed by atoms with Crippen LogP contribution in [-0.4, -0.2) is 10.9 Å². The number of aromatic nitrogens is 1. The van der Waals surface area contributed by atoms with E-state index in [2.05, 4.69) is 10.3 Å². The van der Waals surface area contributed by atoms with Crippen molar-refractivity contribution >= 4 is 28.6 Å². The van der Waals surface area contributed by atoms with Gasteiger partial charge in [-0.15, -0.1) is 22.7 Å². The van der Waals surface area contributed by atoms with Crippen LogP contribution in [0.5, 0.6) is 5.75 Å². The molecular formula is C19H20N2O2S2. The normalized spacial score (nSPS) is 12.0. The van der Waals surface area contributed by atoms with Gasteiger partial charge in [0.15, 0.2) is 0 Å². The predicted molar refractivity (Wildman–Crippen MR) is 103 cm³/mol. The fraction of sp³-hybridized carbons (Fsp3) is 0.263. The van der Waals surface area contributed by atoms with E-state index in [1.807, 2.05) is 62.5 Å². The minimum absolute atomic E-state index is 0.0127. The fourth-order valence-corrected chi connectivity index (χ4v) is 3.99. The van der Waals surface area contributed by atoms with Crippen molar-refractivity contribution in [3.05, 3.63) is 67.8 Å². The third kappa shape index (κ3) is 4.46. The molecule has 130 valence electrons. The standard InChI is InChI=1S/C19H20N2O2S2/c1-12-6-8-15(9-7-12)23-11-17-20-14(3)18(25-17)19(22)21-13(2)16-5-4-10-24-16/h4-10,13H,11H2,1-3H3,(H,21,22). The van der Waals surface area contributed by atoms with E-state index in [4.69, 9.17) is 4.74 Å². The Bertz CT molecular complexity index is 839. The van der Waals surface area contributed by atoms with Gasteiger partial charge in [-0.2, -0.15) is 0 Å². The number of ether oxygens (including phenoxy) is 1. The second kappa shape index (κ2) is 7.80. The number of carbonyl (C=O) groups is 1. The van der Waals surface area contributed by atoms with E-state index in [9.17, 15) is 4.79 Å². The summed E-state index contributed by atoms with van der Waals surface area (Å²) in [6, 6.07) is 11.9. The monoisotopic (exact) mass is 372 g/mol. The van der Waals surface area contributed by atoms with Crippen LogP contribution in [0.3, 0.4) is 0 Å². The molecule has 0 saturated carbocycles. The Kier molecular flexibility index (Phi) is 5.50. The van der Waals surface area contributed by atoms with Crippen LogP contribution in [-0.2, 0) is 6.61 Å². The number of nitrogens with zero attached hydrogens (tertiary/aromatic N) is 1. The van der Waals surface area contributed by atoms with Gasteiger partial charge in [-0.3, -0.25) is 4.79 Å². The summed E-state index contributed by atoms with van der Waals surface area (Å²) in [5.74, 6) is 0.716. The quantitative estimate of drug-likeness (QED) is 0.670. The number of hydrogen-bond acceptors (Lipinski definition) is 5. The molecule has 2 aromatic heterocycles. The number of benzene rings is 1. The molecule has 4 nitrogen and oxygen atoms in total. The fourth-order valence-electron chi connectivity index (χ4n) is 2.38. The molecule has 0 spiro atoms. The molecule has 1 amide bonds. The van der Waals surface area contributed by atoms with Gasteiger partial charge in [0.1, 0.15) is 22.2 Å². The second-order valence-corrected chi connectivity index (χ2v) is 7.90. The summed E-state index contributed by atoms with van der Waals surface area (Å²) < 4.78 is 5.75. The molecule has 0 saturated heterocycles. The van der Waals surface area contributed by atoms with Crippen LogP contribution < -0.4 is 10.1 Å². The van der Waals surface area contributed by atoms with Crippen LogP contribution in [0, 0.1) is 13.8 Å². The summed E-state index contributed by atoms with van der Waals surface area (Å²) >= 11 is 3.02. The number of amides is 1. The van der Waals surface area contributed by atoms with E-state index < -0.39 is 0 Å². The summed E-state index contributed by atoms with van der Waals surface area (Å²) in [5, 5.41) is 5.84. The number of rotatable bonds is 6. The lowest BCUT2D eigenvalue weighted by molar-refractivity contribution is 0.0944. The van der Waals surface area contributed by atoms with Gasteiger partial charge in [0.25, 0.3) is 5.91 Å². The zero-order chi connectivity index (χ0) is 17.8. The molecule has 6 heteroatoms. The molecule has 0 aliphatic heterocycles. The maximum atomic E-state index is 12.5. The summed E-state index contributed by atoms with van der Waals surface area (Å²) in [5.41, 5.74) is 1.93. The molecule has 2 heterocycles. The van der Waals surface area contributed by atoms with E-state index in [0.29, 0.717) is 11.5 Å². The Morgan fingerprint density at radius 2 is 2.00 bits per heavy atom. The van der Waals surface area contributed by atoms with Crippen molar-refractivity contribution in [1.82, 2.24) is 10.3 Å². The van der Waals surface area contributed by atoms with Gasteiger partial charge < -0.3 is 10.1 Å². The third-order valence-electron chi connectivity index (χ3n) is 3.75. The highest BCUT2D eigenvalue weighted by Gasteiger charge is 2.18. The van der Waals surface area contributed by atoms with Gasteiger partial charge in [-0.25, -0.2) is 4.98 Å². The van der Waals surface area contributed by atoms with Crippen LogP contribution in [0.4, 0.5) is 0 Å². The molecule has 1 aromatic carbocycles. The number of thiophene rings is 1. The highest BCUT2D eigenvalue weighted by atomic mass is 32.1. The molecule has 25 heavy (non-hydrogen) atoms. The predicted octanol–water partition coefficient (Wildman–Crippen LogP) is 4.89. The largest absolute Gasteiger partial charge is 0.486 e. The average molecular weight is 373 g/mol. The molecule has 1 unspecified atom stereocenters. The summed E-state index contributed by atoms with van der Waals surface area (Å²) in [6.45, 7) is 6.25. The first kappa shape index (κ1) is 17.6. The average Bonchev–Trinajstić information content (AvgIpc) is 3.24. The van der Waals surface area contributed by atoms with Crippen molar-refractivity contribution in [2.75, 3.05) is 0 Å². The topological polar surface area (TPSA) is 51.2 Å². The van der Waals surface area contributed by atoms with Crippen molar-refractivity contribution in [2.24, 2.45) is 0 Å². The molecule has 0 bridgehead atoms. The van der Waals surface area contributed by atoms with Gasteiger partial charge in [0.2, 0.25) is 0 Å². The maximum absolute atomic E-state index is 12.5. The first-order valence-electron chi connectivity index (χ1n) is 8.03. The highest BCUT2D eigenvalue weighted by molar-refractivity contribution is 7.13. The Morgan fingerprint density at radius 1 is 1.24 bits per heavy atom. The van der Waals surface area contributed by atoms with Gasteiger partial charge >= 0.3 is 0 Å². The number of carbonyl (C=O) groups excluding carboxylic acids is 1. The number of hydrogen-bond donors (Lipinski definition) is 1. The van der Waals surface area contributed by atoms with E-state index in [-0.39, 0.29) is 11.9 Å². The molecule has 0 fully saturated rings. The van der Waals surface area contributed by atoms with Gasteiger partial charge in [-0.1, -0.05) is 23.8 Å². The van der Waals surface area contributed by atoms with Crippen molar-refractivity contribution in [1.29, 1.82) is 0 Å². The van der Waals surface area contributed by atoms with Crippen LogP contribution in [0.1, 0.15) is 43.8 Å². The lowest BCUT2D eigenvalue weighted by atomic mass is 10.2. The van der Waals surface area contributed by atoms with Crippen LogP contribution in [0.2, 0.25) is 0 Å². The Balaban J connectivity index is 1.63. The Labute approximate surface area is 155 Å². The molecule has 1 N–H and O–H groups in total. The van der Waals surface area contributed by atoms with Crippen molar-refractivity contribution in [3.8, 4) is 5.75 Å². The Hall–Kier alpha value is -2.18. The van der Waals surface area contributed by atoms with E-state index in [1.165, 1.54) is 16.9 Å². The number of nitrogens with one attached hydrogen (secondary N) is 1. The van der Waals surface area contributed by atoms with Crippen LogP contribution in [0.15, 0.2) is 41.8 Å². The van der Waals surface area contributed by atoms with Crippen molar-refractivity contribution in [3.63, 3.8) is 0 Å². The van der Waals surface area contributed by atoms with Gasteiger partial charge in [0.05, 0.1) is 11.7 Å². The number of aryl methyl sites for hydroxylation is 2. The van der Waals surface area contributed by atoms with Crippen molar-refractivity contribution in [2.45, 2.75) is 33.4 Å². The molecule has 3 rings (SSSR count). The SMILES string of the molecule is Cc1ccc(OCc2nc(C)c(C(=O)NC(C)c3cccs3)s2)cc1. The third-order valence-corrected chi connectivity index (χ3v) is 5.93. The van der Waals surface area contributed by atoms with E-state index in [1.54, 1.807) is 11.3 Å². The molecule has 3 aromatic rings. The molecule has 0 aliphatic carbocycles. The molecule has 0 aliphatic rings. The minimum atomic E-state index is -0.0857. The second-order valence-electron chi connectivity index (χ2n) is 5.83. The first-order valence-corrected chi connectivity index (χ1v) is 9.72. The summed E-state index contributed by atoms with van der Waals surface area (Å²) in [7, 11) is 0. The minimum Gasteiger partial charge on any atom is -0.486 e. The van der Waals surface area contributed by atoms with Gasteiger partial charge in [0, 0.05) is 4.88 Å². The lowest BCUT2D eigenvalue weighted by Gasteiger charge is -2.11. The highest BCUT2D eigenvalue weighted by Crippen LogP contribution is 2.23. The zero-order valence-corrected chi connectivity index (χ0v) is 16.0.